The Morgan fingerprint density at radius 2 is 2.15 bits per heavy atom. The number of carbonyl (C=O) groups excluding carboxylic acids is 2. The molecule has 0 spiro atoms. The Kier molecular flexibility index (Phi) is 6.27. The summed E-state index contributed by atoms with van der Waals surface area (Å²) in [7, 11) is 1.53. The zero-order valence-corrected chi connectivity index (χ0v) is 12.1. The molecule has 0 saturated carbocycles. The van der Waals surface area contributed by atoms with E-state index in [9.17, 15) is 9.59 Å². The smallest absolute Gasteiger partial charge is 0.340 e. The molecule has 1 amide bonds. The van der Waals surface area contributed by atoms with Crippen LogP contribution in [0.1, 0.15) is 17.3 Å². The summed E-state index contributed by atoms with van der Waals surface area (Å²) in [6, 6.07) is 4.47. The average Bonchev–Trinajstić information content (AvgIpc) is 2.41. The van der Waals surface area contributed by atoms with Crippen LogP contribution >= 0.6 is 11.6 Å². The van der Waals surface area contributed by atoms with Gasteiger partial charge in [0.2, 0.25) is 0 Å². The molecule has 1 aromatic carbocycles. The number of hydrogen-bond donors (Lipinski definition) is 2. The molecule has 1 atom stereocenters. The lowest BCUT2D eigenvalue weighted by atomic mass is 10.2. The number of nitrogens with two attached hydrogens (primary N) is 1. The highest BCUT2D eigenvalue weighted by atomic mass is 35.5. The van der Waals surface area contributed by atoms with E-state index < -0.39 is 18.0 Å². The van der Waals surface area contributed by atoms with Gasteiger partial charge in [-0.1, -0.05) is 11.6 Å². The number of nitrogen functional groups attached to an aromatic ring is 1. The van der Waals surface area contributed by atoms with Gasteiger partial charge in [-0.3, -0.25) is 4.79 Å². The van der Waals surface area contributed by atoms with E-state index >= 15 is 0 Å². The molecule has 0 aliphatic heterocycles. The quantitative estimate of drug-likeness (QED) is 0.468. The topological polar surface area (TPSA) is 90.6 Å². The van der Waals surface area contributed by atoms with Crippen molar-refractivity contribution >= 4 is 29.2 Å². The van der Waals surface area contributed by atoms with Crippen LogP contribution in [-0.4, -0.2) is 38.2 Å². The molecule has 0 aliphatic carbocycles. The number of amides is 1. The molecule has 1 rings (SSSR count). The Labute approximate surface area is 122 Å². The number of carbonyl (C=O) groups is 2. The molecule has 7 heteroatoms. The first-order chi connectivity index (χ1) is 9.45. The Morgan fingerprint density at radius 3 is 2.80 bits per heavy atom. The number of rotatable bonds is 6. The first-order valence-electron chi connectivity index (χ1n) is 5.98. The summed E-state index contributed by atoms with van der Waals surface area (Å²) in [4.78, 5) is 23.5. The van der Waals surface area contributed by atoms with E-state index in [1.807, 2.05) is 0 Å². The van der Waals surface area contributed by atoms with Gasteiger partial charge in [-0.2, -0.15) is 0 Å². The second kappa shape index (κ2) is 7.72. The highest BCUT2D eigenvalue weighted by molar-refractivity contribution is 6.33. The number of halogens is 1. The van der Waals surface area contributed by atoms with Crippen LogP contribution in [0.2, 0.25) is 5.02 Å². The van der Waals surface area contributed by atoms with Gasteiger partial charge in [0.25, 0.3) is 5.91 Å². The maximum Gasteiger partial charge on any atom is 0.340 e. The molecule has 1 unspecified atom stereocenters. The summed E-state index contributed by atoms with van der Waals surface area (Å²) in [5.41, 5.74) is 6.09. The highest BCUT2D eigenvalue weighted by Gasteiger charge is 2.20. The molecule has 0 bridgehead atoms. The van der Waals surface area contributed by atoms with Gasteiger partial charge in [0, 0.05) is 19.3 Å². The SMILES string of the molecule is COCCNC(=O)C(C)OC(=O)c1cc(N)ccc1Cl. The van der Waals surface area contributed by atoms with Crippen LogP contribution in [0.4, 0.5) is 5.69 Å². The third-order valence-corrected chi connectivity index (χ3v) is 2.80. The Balaban J connectivity index is 2.61. The van der Waals surface area contributed by atoms with Gasteiger partial charge in [0.05, 0.1) is 17.2 Å². The van der Waals surface area contributed by atoms with Gasteiger partial charge in [-0.25, -0.2) is 4.79 Å². The molecular formula is C13H17ClN2O4. The lowest BCUT2D eigenvalue weighted by molar-refractivity contribution is -0.129. The van der Waals surface area contributed by atoms with E-state index in [0.29, 0.717) is 18.8 Å². The van der Waals surface area contributed by atoms with Crippen LogP contribution in [0.25, 0.3) is 0 Å². The lowest BCUT2D eigenvalue weighted by Crippen LogP contribution is -2.37. The van der Waals surface area contributed by atoms with Crippen molar-refractivity contribution in [3.63, 3.8) is 0 Å². The summed E-state index contributed by atoms with van der Waals surface area (Å²) in [6.07, 6.45) is -0.933. The molecule has 0 aliphatic rings. The number of ether oxygens (including phenoxy) is 2. The Bertz CT molecular complexity index is 493. The Morgan fingerprint density at radius 1 is 1.45 bits per heavy atom. The molecule has 0 aromatic heterocycles. The van der Waals surface area contributed by atoms with Crippen molar-refractivity contribution < 1.29 is 19.1 Å². The van der Waals surface area contributed by atoms with E-state index in [2.05, 4.69) is 5.32 Å². The number of nitrogens with one attached hydrogen (secondary N) is 1. The van der Waals surface area contributed by atoms with Crippen LogP contribution in [-0.2, 0) is 14.3 Å². The zero-order chi connectivity index (χ0) is 15.1. The number of esters is 1. The summed E-state index contributed by atoms with van der Waals surface area (Å²) >= 11 is 5.88. The first-order valence-corrected chi connectivity index (χ1v) is 6.36. The highest BCUT2D eigenvalue weighted by Crippen LogP contribution is 2.20. The zero-order valence-electron chi connectivity index (χ0n) is 11.3. The fourth-order valence-electron chi connectivity index (χ4n) is 1.40. The van der Waals surface area contributed by atoms with Crippen LogP contribution in [0.15, 0.2) is 18.2 Å². The minimum atomic E-state index is -0.933. The molecule has 0 radical (unpaired) electrons. The van der Waals surface area contributed by atoms with Crippen LogP contribution in [0, 0.1) is 0 Å². The maximum absolute atomic E-state index is 11.9. The third kappa shape index (κ3) is 4.71. The summed E-state index contributed by atoms with van der Waals surface area (Å²) in [6.45, 7) is 2.20. The maximum atomic E-state index is 11.9. The van der Waals surface area contributed by atoms with E-state index in [-0.39, 0.29) is 10.6 Å². The van der Waals surface area contributed by atoms with Crippen LogP contribution in [0.5, 0.6) is 0 Å². The van der Waals surface area contributed by atoms with Crippen molar-refractivity contribution in [1.29, 1.82) is 0 Å². The molecule has 20 heavy (non-hydrogen) atoms. The molecule has 1 aromatic rings. The monoisotopic (exact) mass is 300 g/mol. The standard InChI is InChI=1S/C13H17ClN2O4/c1-8(12(17)16-5-6-19-2)20-13(18)10-7-9(15)3-4-11(10)14/h3-4,7-8H,5-6,15H2,1-2H3,(H,16,17). The fourth-order valence-corrected chi connectivity index (χ4v) is 1.59. The molecule has 0 heterocycles. The fraction of sp³-hybridized carbons (Fsp3) is 0.385. The minimum absolute atomic E-state index is 0.128. The van der Waals surface area contributed by atoms with Crippen LogP contribution in [0.3, 0.4) is 0 Å². The van der Waals surface area contributed by atoms with Crippen molar-refractivity contribution in [2.24, 2.45) is 0 Å². The number of benzene rings is 1. The second-order valence-corrected chi connectivity index (χ2v) is 4.48. The number of methoxy groups -OCH3 is 1. The van der Waals surface area contributed by atoms with Gasteiger partial charge in [-0.05, 0) is 25.1 Å². The minimum Gasteiger partial charge on any atom is -0.449 e. The first kappa shape index (κ1) is 16.3. The summed E-state index contributed by atoms with van der Waals surface area (Å²) < 4.78 is 9.83. The number of anilines is 1. The van der Waals surface area contributed by atoms with E-state index in [1.54, 1.807) is 6.07 Å². The molecule has 3 N–H and O–H groups in total. The normalized spacial score (nSPS) is 11.8. The molecule has 0 fully saturated rings. The predicted molar refractivity (Wildman–Crippen MR) is 75.6 cm³/mol. The van der Waals surface area contributed by atoms with Gasteiger partial charge in [-0.15, -0.1) is 0 Å². The van der Waals surface area contributed by atoms with Crippen molar-refractivity contribution in [1.82, 2.24) is 5.32 Å². The summed E-state index contributed by atoms with van der Waals surface area (Å²) in [5.74, 6) is -1.10. The largest absolute Gasteiger partial charge is 0.449 e. The van der Waals surface area contributed by atoms with Crippen molar-refractivity contribution in [2.45, 2.75) is 13.0 Å². The van der Waals surface area contributed by atoms with Gasteiger partial charge in [0.1, 0.15) is 0 Å². The van der Waals surface area contributed by atoms with E-state index in [4.69, 9.17) is 26.8 Å². The molecular weight excluding hydrogens is 284 g/mol. The van der Waals surface area contributed by atoms with Crippen molar-refractivity contribution in [3.05, 3.63) is 28.8 Å². The molecule has 110 valence electrons. The van der Waals surface area contributed by atoms with E-state index in [0.717, 1.165) is 0 Å². The number of hydrogen-bond acceptors (Lipinski definition) is 5. The van der Waals surface area contributed by atoms with E-state index in [1.165, 1.54) is 26.2 Å². The Hall–Kier alpha value is -1.79. The predicted octanol–water partition coefficient (Wildman–Crippen LogP) is 1.23. The van der Waals surface area contributed by atoms with Crippen molar-refractivity contribution in [2.75, 3.05) is 26.0 Å². The van der Waals surface area contributed by atoms with Crippen molar-refractivity contribution in [3.8, 4) is 0 Å². The van der Waals surface area contributed by atoms with Gasteiger partial charge in [0.15, 0.2) is 6.10 Å². The second-order valence-electron chi connectivity index (χ2n) is 4.07. The molecule has 6 nitrogen and oxygen atoms in total. The third-order valence-electron chi connectivity index (χ3n) is 2.47. The average molecular weight is 301 g/mol. The molecule has 0 saturated heterocycles. The van der Waals surface area contributed by atoms with Gasteiger partial charge >= 0.3 is 5.97 Å². The van der Waals surface area contributed by atoms with Gasteiger partial charge < -0.3 is 20.5 Å². The van der Waals surface area contributed by atoms with Crippen LogP contribution < -0.4 is 11.1 Å². The summed E-state index contributed by atoms with van der Waals surface area (Å²) in [5, 5.41) is 2.79. The lowest BCUT2D eigenvalue weighted by Gasteiger charge is -2.14.